The number of hydrogen-bond acceptors (Lipinski definition) is 3. The zero-order valence-corrected chi connectivity index (χ0v) is 11.4. The average Bonchev–Trinajstić information content (AvgIpc) is 2.76. The van der Waals surface area contributed by atoms with Crippen LogP contribution in [0.2, 0.25) is 0 Å². The maximum atomic E-state index is 5.62. The lowest BCUT2D eigenvalue weighted by Crippen LogP contribution is -1.84. The van der Waals surface area contributed by atoms with Crippen LogP contribution in [0.5, 0.6) is 0 Å². The van der Waals surface area contributed by atoms with Gasteiger partial charge in [-0.3, -0.25) is 5.10 Å². The van der Waals surface area contributed by atoms with E-state index < -0.39 is 0 Å². The predicted molar refractivity (Wildman–Crippen MR) is 69.6 cm³/mol. The summed E-state index contributed by atoms with van der Waals surface area (Å²) < 4.78 is 1.08. The van der Waals surface area contributed by atoms with Gasteiger partial charge in [-0.05, 0) is 24.3 Å². The van der Waals surface area contributed by atoms with Gasteiger partial charge < -0.3 is 0 Å². The first-order valence-electron chi connectivity index (χ1n) is 4.62. The molecule has 2 aromatic rings. The number of nitrogens with zero attached hydrogens (tertiary/aromatic N) is 2. The molecule has 0 atom stereocenters. The molecule has 84 valence electrons. The molecule has 16 heavy (non-hydrogen) atoms. The van der Waals surface area contributed by atoms with Crippen molar-refractivity contribution in [2.75, 3.05) is 0 Å². The van der Waals surface area contributed by atoms with Crippen molar-refractivity contribution >= 4 is 39.3 Å². The Balaban J connectivity index is 1.94. The summed E-state index contributed by atoms with van der Waals surface area (Å²) in [5.41, 5.74) is 0. The molecule has 0 aliphatic carbocycles. The first-order valence-corrected chi connectivity index (χ1v) is 6.94. The molecule has 1 N–H and O–H groups in total. The van der Waals surface area contributed by atoms with Crippen molar-refractivity contribution in [1.29, 1.82) is 0 Å². The highest BCUT2D eigenvalue weighted by Crippen LogP contribution is 2.23. The lowest BCUT2D eigenvalue weighted by Gasteiger charge is -1.98. The van der Waals surface area contributed by atoms with Crippen LogP contribution in [-0.4, -0.2) is 15.2 Å². The van der Waals surface area contributed by atoms with E-state index in [1.54, 1.807) is 11.8 Å². The van der Waals surface area contributed by atoms with Crippen LogP contribution in [0.4, 0.5) is 0 Å². The Morgan fingerprint density at radius 3 is 2.69 bits per heavy atom. The predicted octanol–water partition coefficient (Wildman–Crippen LogP) is 3.60. The van der Waals surface area contributed by atoms with Crippen LogP contribution in [0.25, 0.3) is 0 Å². The molecule has 1 heterocycles. The number of nitrogens with one attached hydrogen (secondary N) is 1. The smallest absolute Gasteiger partial charge is 0.165 e. The van der Waals surface area contributed by atoms with Gasteiger partial charge in [-0.25, -0.2) is 4.98 Å². The second kappa shape index (κ2) is 5.70. The number of aromatic nitrogens is 3. The van der Waals surface area contributed by atoms with Crippen molar-refractivity contribution in [3.63, 3.8) is 0 Å². The van der Waals surface area contributed by atoms with Crippen molar-refractivity contribution in [1.82, 2.24) is 15.2 Å². The highest BCUT2D eigenvalue weighted by Gasteiger charge is 2.02. The summed E-state index contributed by atoms with van der Waals surface area (Å²) in [5, 5.41) is 6.83. The molecular formula is C10H9BrClN3S. The molecule has 0 bridgehead atoms. The third kappa shape index (κ3) is 3.23. The van der Waals surface area contributed by atoms with Gasteiger partial charge in [0.05, 0.1) is 11.6 Å². The quantitative estimate of drug-likeness (QED) is 0.692. The highest BCUT2D eigenvalue weighted by molar-refractivity contribution is 9.10. The molecule has 3 nitrogen and oxygen atoms in total. The van der Waals surface area contributed by atoms with E-state index in [0.717, 1.165) is 16.0 Å². The van der Waals surface area contributed by atoms with Gasteiger partial charge in [0, 0.05) is 9.37 Å². The minimum absolute atomic E-state index is 0.347. The van der Waals surface area contributed by atoms with Crippen molar-refractivity contribution in [2.24, 2.45) is 0 Å². The number of alkyl halides is 1. The summed E-state index contributed by atoms with van der Waals surface area (Å²) >= 11 is 10.7. The van der Waals surface area contributed by atoms with Gasteiger partial charge in [0.1, 0.15) is 5.82 Å². The van der Waals surface area contributed by atoms with Gasteiger partial charge in [0.25, 0.3) is 0 Å². The van der Waals surface area contributed by atoms with E-state index in [-0.39, 0.29) is 0 Å². The van der Waals surface area contributed by atoms with E-state index in [2.05, 4.69) is 43.2 Å². The van der Waals surface area contributed by atoms with Crippen molar-refractivity contribution in [3.05, 3.63) is 40.4 Å². The fraction of sp³-hybridized carbons (Fsp3) is 0.200. The lowest BCUT2D eigenvalue weighted by atomic mass is 10.4. The molecule has 0 saturated heterocycles. The standard InChI is InChI=1S/C10H9BrClN3S/c11-7-1-3-8(4-2-7)16-6-10-13-9(5-12)14-15-10/h1-4H,5-6H2,(H,13,14,15). The highest BCUT2D eigenvalue weighted by atomic mass is 79.9. The molecule has 1 aromatic heterocycles. The largest absolute Gasteiger partial charge is 0.262 e. The Morgan fingerprint density at radius 1 is 1.31 bits per heavy atom. The summed E-state index contributed by atoms with van der Waals surface area (Å²) in [6.07, 6.45) is 0. The first kappa shape index (κ1) is 12.0. The minimum Gasteiger partial charge on any atom is -0.262 e. The average molecular weight is 319 g/mol. The molecule has 0 amide bonds. The van der Waals surface area contributed by atoms with Gasteiger partial charge in [0.2, 0.25) is 0 Å². The van der Waals surface area contributed by atoms with Crippen LogP contribution >= 0.6 is 39.3 Å². The Morgan fingerprint density at radius 2 is 2.06 bits per heavy atom. The van der Waals surface area contributed by atoms with Crippen LogP contribution in [-0.2, 0) is 11.6 Å². The molecule has 0 unspecified atom stereocenters. The summed E-state index contributed by atoms with van der Waals surface area (Å²) in [6.45, 7) is 0. The first-order chi connectivity index (χ1) is 7.78. The zero-order valence-electron chi connectivity index (χ0n) is 8.28. The molecule has 0 saturated carbocycles. The number of aromatic amines is 1. The van der Waals surface area contributed by atoms with Crippen LogP contribution in [0.15, 0.2) is 33.6 Å². The summed E-state index contributed by atoms with van der Waals surface area (Å²) in [7, 11) is 0. The van der Waals surface area contributed by atoms with E-state index in [1.165, 1.54) is 4.90 Å². The Bertz CT molecular complexity index is 457. The van der Waals surface area contributed by atoms with Crippen molar-refractivity contribution in [2.45, 2.75) is 16.5 Å². The third-order valence-corrected chi connectivity index (χ3v) is 3.68. The Kier molecular flexibility index (Phi) is 4.26. The van der Waals surface area contributed by atoms with Gasteiger partial charge in [0.15, 0.2) is 5.82 Å². The molecule has 6 heteroatoms. The molecule has 0 fully saturated rings. The number of thioether (sulfide) groups is 1. The molecule has 0 aliphatic heterocycles. The Hall–Kier alpha value is -0.520. The second-order valence-corrected chi connectivity index (χ2v) is 5.31. The Labute approximate surface area is 111 Å². The fourth-order valence-corrected chi connectivity index (χ4v) is 2.29. The summed E-state index contributed by atoms with van der Waals surface area (Å²) in [4.78, 5) is 5.43. The van der Waals surface area contributed by atoms with Gasteiger partial charge in [-0.2, -0.15) is 5.10 Å². The van der Waals surface area contributed by atoms with Crippen molar-refractivity contribution < 1.29 is 0 Å². The van der Waals surface area contributed by atoms with Crippen LogP contribution in [0, 0.1) is 0 Å². The maximum absolute atomic E-state index is 5.62. The second-order valence-electron chi connectivity index (χ2n) is 3.07. The topological polar surface area (TPSA) is 41.6 Å². The maximum Gasteiger partial charge on any atom is 0.165 e. The molecule has 0 radical (unpaired) electrons. The minimum atomic E-state index is 0.347. The third-order valence-electron chi connectivity index (χ3n) is 1.89. The van der Waals surface area contributed by atoms with E-state index >= 15 is 0 Å². The zero-order chi connectivity index (χ0) is 11.4. The van der Waals surface area contributed by atoms with E-state index in [9.17, 15) is 0 Å². The molecule has 1 aromatic carbocycles. The van der Waals surface area contributed by atoms with Gasteiger partial charge >= 0.3 is 0 Å². The van der Waals surface area contributed by atoms with Crippen LogP contribution < -0.4 is 0 Å². The van der Waals surface area contributed by atoms with E-state index in [4.69, 9.17) is 11.6 Å². The van der Waals surface area contributed by atoms with Crippen LogP contribution in [0.1, 0.15) is 11.6 Å². The summed E-state index contributed by atoms with van der Waals surface area (Å²) in [6, 6.07) is 8.17. The number of benzene rings is 1. The summed E-state index contributed by atoms with van der Waals surface area (Å²) in [5.74, 6) is 2.61. The lowest BCUT2D eigenvalue weighted by molar-refractivity contribution is 1.00. The van der Waals surface area contributed by atoms with E-state index in [1.807, 2.05) is 12.1 Å². The van der Waals surface area contributed by atoms with Gasteiger partial charge in [-0.15, -0.1) is 23.4 Å². The number of rotatable bonds is 4. The molecule has 2 rings (SSSR count). The monoisotopic (exact) mass is 317 g/mol. The number of hydrogen-bond donors (Lipinski definition) is 1. The molecular weight excluding hydrogens is 310 g/mol. The number of H-pyrrole nitrogens is 1. The van der Waals surface area contributed by atoms with Crippen molar-refractivity contribution in [3.8, 4) is 0 Å². The molecule has 0 aliphatic rings. The molecule has 0 spiro atoms. The number of halogens is 2. The SMILES string of the molecule is ClCc1n[nH]c(CSc2ccc(Br)cc2)n1. The normalized spacial score (nSPS) is 10.6. The van der Waals surface area contributed by atoms with E-state index in [0.29, 0.717) is 11.7 Å². The van der Waals surface area contributed by atoms with Gasteiger partial charge in [-0.1, -0.05) is 15.9 Å². The fourth-order valence-electron chi connectivity index (χ4n) is 1.14. The van der Waals surface area contributed by atoms with Crippen LogP contribution in [0.3, 0.4) is 0 Å².